The second kappa shape index (κ2) is 9.22. The van der Waals surface area contributed by atoms with Gasteiger partial charge in [-0.2, -0.15) is 0 Å². The Kier molecular flexibility index (Phi) is 5.99. The van der Waals surface area contributed by atoms with Crippen LogP contribution >= 0.6 is 0 Å². The Morgan fingerprint density at radius 1 is 0.606 bits per heavy atom. The van der Waals surface area contributed by atoms with Crippen LogP contribution in [0.15, 0.2) is 97.1 Å². The number of ether oxygens (including phenoxy) is 1. The van der Waals surface area contributed by atoms with Crippen LogP contribution in [0.1, 0.15) is 34.2 Å². The molecule has 4 aromatic carbocycles. The van der Waals surface area contributed by atoms with E-state index in [-0.39, 0.29) is 19.8 Å². The minimum absolute atomic E-state index is 0.00489. The van der Waals surface area contributed by atoms with Crippen molar-refractivity contribution in [3.8, 4) is 16.9 Å². The van der Waals surface area contributed by atoms with E-state index in [1.165, 1.54) is 38.9 Å². The lowest BCUT2D eigenvalue weighted by Crippen LogP contribution is -2.28. The number of aliphatic hydroxyl groups excluding tert-OH is 2. The molecule has 3 nitrogen and oxygen atoms in total. The monoisotopic (exact) mass is 436 g/mol. The van der Waals surface area contributed by atoms with Crippen molar-refractivity contribution in [2.45, 2.75) is 18.3 Å². The van der Waals surface area contributed by atoms with Gasteiger partial charge in [-0.1, -0.05) is 84.9 Å². The molecular formula is C30H28O3. The zero-order valence-electron chi connectivity index (χ0n) is 18.6. The van der Waals surface area contributed by atoms with Gasteiger partial charge in [-0.15, -0.1) is 0 Å². The average Bonchev–Trinajstić information content (AvgIpc) is 3.18. The van der Waals surface area contributed by atoms with Gasteiger partial charge in [0.2, 0.25) is 0 Å². The highest BCUT2D eigenvalue weighted by Crippen LogP contribution is 2.56. The molecule has 0 fully saturated rings. The first-order valence-electron chi connectivity index (χ1n) is 11.5. The average molecular weight is 437 g/mol. The quantitative estimate of drug-likeness (QED) is 0.345. The van der Waals surface area contributed by atoms with Crippen LogP contribution in [0.4, 0.5) is 0 Å². The molecule has 0 radical (unpaired) electrons. The Morgan fingerprint density at radius 3 is 1.70 bits per heavy atom. The molecule has 1 aliphatic carbocycles. The summed E-state index contributed by atoms with van der Waals surface area (Å²) < 4.78 is 5.63. The van der Waals surface area contributed by atoms with Crippen LogP contribution in [0.3, 0.4) is 0 Å². The molecule has 0 aromatic heterocycles. The van der Waals surface area contributed by atoms with Crippen molar-refractivity contribution in [1.82, 2.24) is 0 Å². The molecule has 0 atom stereocenters. The Bertz CT molecular complexity index is 1130. The number of fused-ring (bicyclic) bond motifs is 3. The van der Waals surface area contributed by atoms with Crippen LogP contribution in [-0.4, -0.2) is 30.0 Å². The van der Waals surface area contributed by atoms with Crippen LogP contribution in [0.25, 0.3) is 11.1 Å². The maximum absolute atomic E-state index is 9.22. The third-order valence-corrected chi connectivity index (χ3v) is 6.61. The molecular weight excluding hydrogens is 408 g/mol. The molecule has 1 aliphatic rings. The first-order valence-corrected chi connectivity index (χ1v) is 11.5. The van der Waals surface area contributed by atoms with Crippen LogP contribution in [0.2, 0.25) is 0 Å². The SMILES string of the molecule is OCCCc1ccc(C2(c3ccc(OCCO)cc3)c3ccccc3-c3ccccc32)cc1. The minimum atomic E-state index is -0.432. The summed E-state index contributed by atoms with van der Waals surface area (Å²) in [5.74, 6) is 0.752. The fraction of sp³-hybridized carbons (Fsp3) is 0.200. The van der Waals surface area contributed by atoms with Crippen molar-refractivity contribution in [3.63, 3.8) is 0 Å². The highest BCUT2D eigenvalue weighted by molar-refractivity contribution is 5.86. The highest BCUT2D eigenvalue weighted by atomic mass is 16.5. The van der Waals surface area contributed by atoms with Gasteiger partial charge < -0.3 is 14.9 Å². The van der Waals surface area contributed by atoms with Gasteiger partial charge >= 0.3 is 0 Å². The number of rotatable bonds is 8. The van der Waals surface area contributed by atoms with Crippen LogP contribution in [0, 0.1) is 0 Å². The molecule has 0 aliphatic heterocycles. The van der Waals surface area contributed by atoms with E-state index in [4.69, 9.17) is 9.84 Å². The Morgan fingerprint density at radius 2 is 1.15 bits per heavy atom. The third-order valence-electron chi connectivity index (χ3n) is 6.61. The summed E-state index contributed by atoms with van der Waals surface area (Å²) in [6.45, 7) is 0.484. The molecule has 0 unspecified atom stereocenters. The lowest BCUT2D eigenvalue weighted by molar-refractivity contribution is 0.201. The molecule has 2 N–H and O–H groups in total. The zero-order valence-corrected chi connectivity index (χ0v) is 18.6. The standard InChI is InChI=1S/C30H28O3/c31-19-5-6-22-11-13-23(14-12-22)30(24-15-17-25(18-16-24)33-21-20-32)28-9-3-1-7-26(28)27-8-2-4-10-29(27)30/h1-4,7-18,31-32H,5-6,19-21H2. The first-order chi connectivity index (χ1) is 16.3. The van der Waals surface area contributed by atoms with Gasteiger partial charge in [-0.05, 0) is 63.9 Å². The highest BCUT2D eigenvalue weighted by Gasteiger charge is 2.45. The zero-order chi connectivity index (χ0) is 22.7. The topological polar surface area (TPSA) is 49.7 Å². The summed E-state index contributed by atoms with van der Waals surface area (Å²) in [4.78, 5) is 0. The van der Waals surface area contributed by atoms with Crippen LogP contribution in [0.5, 0.6) is 5.75 Å². The summed E-state index contributed by atoms with van der Waals surface area (Å²) in [6, 6.07) is 34.5. The van der Waals surface area contributed by atoms with E-state index in [2.05, 4.69) is 84.9 Å². The van der Waals surface area contributed by atoms with E-state index in [1.54, 1.807) is 0 Å². The molecule has 0 spiro atoms. The molecule has 5 rings (SSSR count). The lowest BCUT2D eigenvalue weighted by atomic mass is 9.67. The second-order valence-electron chi connectivity index (χ2n) is 8.46. The van der Waals surface area contributed by atoms with E-state index in [1.807, 2.05) is 12.1 Å². The number of aryl methyl sites for hydroxylation is 1. The van der Waals surface area contributed by atoms with Crippen LogP contribution < -0.4 is 4.74 Å². The van der Waals surface area contributed by atoms with Gasteiger partial charge in [0, 0.05) is 6.61 Å². The minimum Gasteiger partial charge on any atom is -0.491 e. The van der Waals surface area contributed by atoms with Crippen molar-refractivity contribution in [2.24, 2.45) is 0 Å². The van der Waals surface area contributed by atoms with Gasteiger partial charge in [0.1, 0.15) is 12.4 Å². The predicted molar refractivity (Wildman–Crippen MR) is 132 cm³/mol. The largest absolute Gasteiger partial charge is 0.491 e. The molecule has 3 heteroatoms. The molecule has 0 saturated heterocycles. The third kappa shape index (κ3) is 3.64. The summed E-state index contributed by atoms with van der Waals surface area (Å²) in [5, 5.41) is 18.3. The normalized spacial score (nSPS) is 13.4. The van der Waals surface area contributed by atoms with Crippen molar-refractivity contribution >= 4 is 0 Å². The lowest BCUT2D eigenvalue weighted by Gasteiger charge is -2.34. The van der Waals surface area contributed by atoms with Gasteiger partial charge in [-0.3, -0.25) is 0 Å². The maximum atomic E-state index is 9.22. The number of hydrogen-bond acceptors (Lipinski definition) is 3. The van der Waals surface area contributed by atoms with Gasteiger partial charge in [0.15, 0.2) is 0 Å². The van der Waals surface area contributed by atoms with E-state index >= 15 is 0 Å². The molecule has 4 aromatic rings. The van der Waals surface area contributed by atoms with Crippen LogP contribution in [-0.2, 0) is 11.8 Å². The van der Waals surface area contributed by atoms with Crippen molar-refractivity contribution < 1.29 is 14.9 Å². The molecule has 0 amide bonds. The van der Waals surface area contributed by atoms with E-state index in [0.29, 0.717) is 0 Å². The van der Waals surface area contributed by atoms with E-state index < -0.39 is 5.41 Å². The number of benzene rings is 4. The van der Waals surface area contributed by atoms with Gasteiger partial charge in [0.25, 0.3) is 0 Å². The summed E-state index contributed by atoms with van der Waals surface area (Å²) in [6.07, 6.45) is 1.64. The molecule has 166 valence electrons. The van der Waals surface area contributed by atoms with E-state index in [9.17, 15) is 5.11 Å². The Balaban J connectivity index is 1.72. The van der Waals surface area contributed by atoms with Crippen molar-refractivity contribution in [3.05, 3.63) is 125 Å². The van der Waals surface area contributed by atoms with E-state index in [0.717, 1.165) is 18.6 Å². The Hall–Kier alpha value is -3.40. The summed E-state index contributed by atoms with van der Waals surface area (Å²) >= 11 is 0. The Labute approximate surface area is 194 Å². The fourth-order valence-corrected chi connectivity index (χ4v) is 5.19. The van der Waals surface area contributed by atoms with Crippen molar-refractivity contribution in [1.29, 1.82) is 0 Å². The second-order valence-corrected chi connectivity index (χ2v) is 8.46. The summed E-state index contributed by atoms with van der Waals surface area (Å²) in [7, 11) is 0. The predicted octanol–water partition coefficient (Wildman–Crippen LogP) is 5.35. The number of hydrogen-bond donors (Lipinski definition) is 2. The molecule has 33 heavy (non-hydrogen) atoms. The fourth-order valence-electron chi connectivity index (χ4n) is 5.19. The first kappa shape index (κ1) is 21.4. The van der Waals surface area contributed by atoms with Crippen molar-refractivity contribution in [2.75, 3.05) is 19.8 Å². The maximum Gasteiger partial charge on any atom is 0.119 e. The smallest absolute Gasteiger partial charge is 0.119 e. The molecule has 0 saturated carbocycles. The van der Waals surface area contributed by atoms with Gasteiger partial charge in [-0.25, -0.2) is 0 Å². The molecule has 0 heterocycles. The summed E-state index contributed by atoms with van der Waals surface area (Å²) in [5.41, 5.74) is 8.28. The van der Waals surface area contributed by atoms with Gasteiger partial charge in [0.05, 0.1) is 12.0 Å². The number of aliphatic hydroxyl groups is 2. The molecule has 0 bridgehead atoms.